The van der Waals surface area contributed by atoms with Crippen LogP contribution < -0.4 is 0 Å². The normalized spacial score (nSPS) is 41.5. The molecule has 1 heterocycles. The van der Waals surface area contributed by atoms with Crippen LogP contribution >= 0.6 is 11.6 Å². The second-order valence-corrected chi connectivity index (χ2v) is 6.76. The highest BCUT2D eigenvalue weighted by Gasteiger charge is 2.54. The number of ether oxygens (including phenoxy) is 2. The molecule has 0 radical (unpaired) electrons. The van der Waals surface area contributed by atoms with Gasteiger partial charge in [-0.25, -0.2) is 8.42 Å². The van der Waals surface area contributed by atoms with E-state index < -0.39 is 20.9 Å². The number of hydrogen-bond donors (Lipinski definition) is 0. The van der Waals surface area contributed by atoms with Gasteiger partial charge in [-0.3, -0.25) is 0 Å². The van der Waals surface area contributed by atoms with Gasteiger partial charge >= 0.3 is 0 Å². The first kappa shape index (κ1) is 11.6. The molecule has 15 heavy (non-hydrogen) atoms. The molecule has 3 unspecified atom stereocenters. The van der Waals surface area contributed by atoms with Crippen molar-refractivity contribution in [3.8, 4) is 0 Å². The molecule has 88 valence electrons. The van der Waals surface area contributed by atoms with Crippen LogP contribution in [0.1, 0.15) is 19.3 Å². The fourth-order valence-electron chi connectivity index (χ4n) is 2.42. The van der Waals surface area contributed by atoms with Crippen LogP contribution in [0, 0.1) is 0 Å². The highest BCUT2D eigenvalue weighted by molar-refractivity contribution is 7.91. The summed E-state index contributed by atoms with van der Waals surface area (Å²) in [5.41, 5.74) is 0. The maximum atomic E-state index is 11.6. The molecule has 1 saturated heterocycles. The van der Waals surface area contributed by atoms with Crippen LogP contribution in [0.15, 0.2) is 0 Å². The van der Waals surface area contributed by atoms with Crippen molar-refractivity contribution in [2.75, 3.05) is 18.7 Å². The lowest BCUT2D eigenvalue weighted by Crippen LogP contribution is -2.43. The highest BCUT2D eigenvalue weighted by Crippen LogP contribution is 2.42. The molecule has 1 saturated carbocycles. The number of alkyl halides is 1. The maximum Gasteiger partial charge on any atom is 0.185 e. The third kappa shape index (κ3) is 2.02. The van der Waals surface area contributed by atoms with Crippen molar-refractivity contribution in [2.45, 2.75) is 36.4 Å². The molecule has 0 aromatic heterocycles. The fraction of sp³-hybridized carbons (Fsp3) is 1.00. The summed E-state index contributed by atoms with van der Waals surface area (Å²) < 4.78 is 34.4. The van der Waals surface area contributed by atoms with E-state index >= 15 is 0 Å². The number of hydrogen-bond acceptors (Lipinski definition) is 4. The average molecular weight is 255 g/mol. The Hall–Kier alpha value is 0.160. The quantitative estimate of drug-likeness (QED) is 0.688. The van der Waals surface area contributed by atoms with Crippen molar-refractivity contribution in [3.05, 3.63) is 0 Å². The largest absolute Gasteiger partial charge is 0.346 e. The zero-order chi connectivity index (χ0) is 11.1. The Morgan fingerprint density at radius 3 is 2.80 bits per heavy atom. The van der Waals surface area contributed by atoms with Crippen molar-refractivity contribution in [1.29, 1.82) is 0 Å². The molecular formula is C9H15ClO4S. The first-order chi connectivity index (χ1) is 6.98. The van der Waals surface area contributed by atoms with E-state index in [0.717, 1.165) is 6.42 Å². The molecule has 0 amide bonds. The van der Waals surface area contributed by atoms with Gasteiger partial charge in [0.1, 0.15) is 5.25 Å². The summed E-state index contributed by atoms with van der Waals surface area (Å²) in [5, 5.41) is -0.529. The van der Waals surface area contributed by atoms with Gasteiger partial charge in [0.05, 0.1) is 18.6 Å². The minimum absolute atomic E-state index is 0.172. The lowest BCUT2D eigenvalue weighted by atomic mass is 10.2. The average Bonchev–Trinajstić information content (AvgIpc) is 2.73. The Morgan fingerprint density at radius 2 is 2.27 bits per heavy atom. The van der Waals surface area contributed by atoms with Crippen LogP contribution in [0.2, 0.25) is 0 Å². The summed E-state index contributed by atoms with van der Waals surface area (Å²) in [6.45, 7) is 0.398. The van der Waals surface area contributed by atoms with Gasteiger partial charge in [-0.2, -0.15) is 0 Å². The molecule has 0 bridgehead atoms. The van der Waals surface area contributed by atoms with Gasteiger partial charge in [0.15, 0.2) is 15.6 Å². The van der Waals surface area contributed by atoms with Gasteiger partial charge in [0.2, 0.25) is 0 Å². The molecule has 0 aromatic rings. The third-order valence-electron chi connectivity index (χ3n) is 3.05. The molecule has 1 aliphatic heterocycles. The summed E-state index contributed by atoms with van der Waals surface area (Å²) in [5.74, 6) is -0.564. The topological polar surface area (TPSA) is 52.6 Å². The van der Waals surface area contributed by atoms with Crippen LogP contribution in [0.5, 0.6) is 0 Å². The first-order valence-electron chi connectivity index (χ1n) is 5.04. The van der Waals surface area contributed by atoms with Gasteiger partial charge in [0, 0.05) is 12.7 Å². The van der Waals surface area contributed by atoms with Crippen LogP contribution in [0.3, 0.4) is 0 Å². The van der Waals surface area contributed by atoms with Gasteiger partial charge in [0.25, 0.3) is 0 Å². The predicted molar refractivity (Wildman–Crippen MR) is 56.8 cm³/mol. The van der Waals surface area contributed by atoms with E-state index in [4.69, 9.17) is 21.1 Å². The number of rotatable bonds is 2. The van der Waals surface area contributed by atoms with E-state index in [1.54, 1.807) is 0 Å². The van der Waals surface area contributed by atoms with Crippen LogP contribution in [0.25, 0.3) is 0 Å². The van der Waals surface area contributed by atoms with Crippen LogP contribution in [0.4, 0.5) is 0 Å². The minimum Gasteiger partial charge on any atom is -0.346 e. The minimum atomic E-state index is -3.12. The van der Waals surface area contributed by atoms with Crippen molar-refractivity contribution in [3.63, 3.8) is 0 Å². The van der Waals surface area contributed by atoms with Crippen molar-refractivity contribution in [2.24, 2.45) is 0 Å². The second-order valence-electron chi connectivity index (χ2n) is 4.23. The highest BCUT2D eigenvalue weighted by atomic mass is 35.5. The molecule has 4 nitrogen and oxygen atoms in total. The van der Waals surface area contributed by atoms with Gasteiger partial charge < -0.3 is 9.47 Å². The van der Waals surface area contributed by atoms with Crippen molar-refractivity contribution in [1.82, 2.24) is 0 Å². The summed E-state index contributed by atoms with van der Waals surface area (Å²) in [4.78, 5) is 0. The third-order valence-corrected chi connectivity index (χ3v) is 5.02. The predicted octanol–water partition coefficient (Wildman–Crippen LogP) is 0.934. The lowest BCUT2D eigenvalue weighted by molar-refractivity contribution is -0.156. The van der Waals surface area contributed by atoms with Crippen LogP contribution in [-0.2, 0) is 19.3 Å². The fourth-order valence-corrected chi connectivity index (χ4v) is 4.06. The van der Waals surface area contributed by atoms with E-state index in [2.05, 4.69) is 0 Å². The Labute approximate surface area is 94.8 Å². The first-order valence-corrected chi connectivity index (χ1v) is 7.53. The van der Waals surface area contributed by atoms with E-state index in [1.165, 1.54) is 6.26 Å². The Morgan fingerprint density at radius 1 is 1.53 bits per heavy atom. The zero-order valence-corrected chi connectivity index (χ0v) is 10.2. The molecule has 1 aliphatic carbocycles. The second kappa shape index (κ2) is 3.87. The van der Waals surface area contributed by atoms with E-state index in [-0.39, 0.29) is 6.10 Å². The summed E-state index contributed by atoms with van der Waals surface area (Å²) >= 11 is 5.68. The number of halogens is 1. The summed E-state index contributed by atoms with van der Waals surface area (Å²) in [6, 6.07) is 0. The molecule has 3 atom stereocenters. The van der Waals surface area contributed by atoms with Crippen molar-refractivity contribution >= 4 is 21.4 Å². The Bertz CT molecular complexity index is 342. The van der Waals surface area contributed by atoms with E-state index in [0.29, 0.717) is 25.3 Å². The van der Waals surface area contributed by atoms with Gasteiger partial charge in [-0.05, 0) is 12.8 Å². The summed E-state index contributed by atoms with van der Waals surface area (Å²) in [6.07, 6.45) is 3.17. The smallest absolute Gasteiger partial charge is 0.185 e. The molecular weight excluding hydrogens is 240 g/mol. The van der Waals surface area contributed by atoms with Gasteiger partial charge in [-0.15, -0.1) is 11.6 Å². The molecule has 2 fully saturated rings. The van der Waals surface area contributed by atoms with Crippen LogP contribution in [-0.4, -0.2) is 44.3 Å². The number of sulfone groups is 1. The van der Waals surface area contributed by atoms with E-state index in [9.17, 15) is 8.42 Å². The monoisotopic (exact) mass is 254 g/mol. The lowest BCUT2D eigenvalue weighted by Gasteiger charge is -2.28. The molecule has 2 aliphatic rings. The molecule has 0 aromatic carbocycles. The Balaban J connectivity index is 2.21. The molecule has 1 spiro atoms. The maximum absolute atomic E-state index is 11.6. The molecule has 2 rings (SSSR count). The standard InChI is InChI=1S/C9H15ClO4S/c1-15(11,12)8-3-2-4-9(8)13-6-7(5-10)14-9/h7-8H,2-6H2,1H3. The van der Waals surface area contributed by atoms with Crippen molar-refractivity contribution < 1.29 is 17.9 Å². The zero-order valence-electron chi connectivity index (χ0n) is 8.61. The summed E-state index contributed by atoms with van der Waals surface area (Å²) in [7, 11) is -3.12. The van der Waals surface area contributed by atoms with Gasteiger partial charge in [-0.1, -0.05) is 0 Å². The SMILES string of the molecule is CS(=O)(=O)C1CCCC12OCC(CCl)O2. The van der Waals surface area contributed by atoms with E-state index in [1.807, 2.05) is 0 Å². The Kier molecular flexibility index (Phi) is 3.01. The molecule has 0 N–H and O–H groups in total. The molecule has 6 heteroatoms.